The number of hydrogen-bond donors (Lipinski definition) is 1. The van der Waals surface area contributed by atoms with Crippen LogP contribution in [-0.2, 0) is 0 Å². The second kappa shape index (κ2) is 9.60. The van der Waals surface area contributed by atoms with E-state index in [9.17, 15) is 0 Å². The van der Waals surface area contributed by atoms with Gasteiger partial charge in [0.25, 0.3) is 0 Å². The van der Waals surface area contributed by atoms with Crippen LogP contribution < -0.4 is 5.32 Å². The van der Waals surface area contributed by atoms with Crippen molar-refractivity contribution < 1.29 is 0 Å². The highest BCUT2D eigenvalue weighted by atomic mass is 32.1. The fourth-order valence-electron chi connectivity index (χ4n) is 1.99. The molecule has 1 N–H and O–H groups in total. The number of hydrogen-bond acceptors (Lipinski definition) is 3. The van der Waals surface area contributed by atoms with Crippen molar-refractivity contribution in [2.24, 2.45) is 0 Å². The largest absolute Gasteiger partial charge is 0.308 e. The first-order chi connectivity index (χ1) is 8.38. The quantitative estimate of drug-likeness (QED) is 0.620. The van der Waals surface area contributed by atoms with Crippen molar-refractivity contribution in [3.8, 4) is 0 Å². The molecule has 17 heavy (non-hydrogen) atoms. The van der Waals surface area contributed by atoms with Gasteiger partial charge in [0, 0.05) is 11.6 Å². The molecule has 1 aromatic heterocycles. The summed E-state index contributed by atoms with van der Waals surface area (Å²) in [5.41, 5.74) is 0. The third kappa shape index (κ3) is 6.18. The van der Waals surface area contributed by atoms with Crippen molar-refractivity contribution in [2.75, 3.05) is 6.54 Å². The van der Waals surface area contributed by atoms with E-state index < -0.39 is 0 Å². The number of nitrogens with zero attached hydrogens (tertiary/aromatic N) is 1. The van der Waals surface area contributed by atoms with Crippen LogP contribution >= 0.6 is 11.3 Å². The molecule has 0 aliphatic carbocycles. The van der Waals surface area contributed by atoms with Gasteiger partial charge in [0.15, 0.2) is 0 Å². The second-order valence-electron chi connectivity index (χ2n) is 4.55. The van der Waals surface area contributed by atoms with Crippen LogP contribution in [-0.4, -0.2) is 11.5 Å². The topological polar surface area (TPSA) is 24.9 Å². The fraction of sp³-hybridized carbons (Fsp3) is 0.786. The lowest BCUT2D eigenvalue weighted by Crippen LogP contribution is -2.21. The molecule has 0 amide bonds. The van der Waals surface area contributed by atoms with Crippen molar-refractivity contribution in [3.63, 3.8) is 0 Å². The smallest absolute Gasteiger partial charge is 0.109 e. The Hall–Kier alpha value is -0.410. The van der Waals surface area contributed by atoms with Crippen molar-refractivity contribution in [1.29, 1.82) is 0 Å². The monoisotopic (exact) mass is 254 g/mol. The SMILES string of the molecule is CCCCCCCCNC(CC)c1nccs1. The van der Waals surface area contributed by atoms with Gasteiger partial charge in [0.1, 0.15) is 5.01 Å². The molecule has 0 saturated carbocycles. The molecule has 0 saturated heterocycles. The highest BCUT2D eigenvalue weighted by Gasteiger charge is 2.09. The maximum atomic E-state index is 4.38. The molecule has 1 aromatic rings. The first kappa shape index (κ1) is 14.7. The Kier molecular flexibility index (Phi) is 8.28. The molecule has 1 atom stereocenters. The summed E-state index contributed by atoms with van der Waals surface area (Å²) in [6, 6.07) is 0.464. The van der Waals surface area contributed by atoms with Gasteiger partial charge in [-0.15, -0.1) is 11.3 Å². The van der Waals surface area contributed by atoms with E-state index in [1.54, 1.807) is 11.3 Å². The Labute approximate surface area is 110 Å². The van der Waals surface area contributed by atoms with E-state index in [4.69, 9.17) is 0 Å². The number of aromatic nitrogens is 1. The standard InChI is InChI=1S/C14H26N2S/c1-3-5-6-7-8-9-10-15-13(4-2)14-16-11-12-17-14/h11-13,15H,3-10H2,1-2H3. The molecular weight excluding hydrogens is 228 g/mol. The zero-order valence-corrected chi connectivity index (χ0v) is 12.1. The molecule has 98 valence electrons. The summed E-state index contributed by atoms with van der Waals surface area (Å²) < 4.78 is 0. The lowest BCUT2D eigenvalue weighted by molar-refractivity contribution is 0.491. The van der Waals surface area contributed by atoms with Crippen LogP contribution in [0.25, 0.3) is 0 Å². The Morgan fingerprint density at radius 2 is 1.94 bits per heavy atom. The van der Waals surface area contributed by atoms with Crippen LogP contribution in [0.4, 0.5) is 0 Å². The maximum Gasteiger partial charge on any atom is 0.109 e. The molecule has 0 aliphatic heterocycles. The van der Waals surface area contributed by atoms with Crippen LogP contribution in [0.2, 0.25) is 0 Å². The molecule has 0 fully saturated rings. The molecule has 1 unspecified atom stereocenters. The molecule has 0 aliphatic rings. The van der Waals surface area contributed by atoms with E-state index in [1.165, 1.54) is 43.5 Å². The predicted octanol–water partition coefficient (Wildman–Crippen LogP) is 4.54. The van der Waals surface area contributed by atoms with Crippen LogP contribution in [0.3, 0.4) is 0 Å². The molecule has 0 spiro atoms. The van der Waals surface area contributed by atoms with Crippen molar-refractivity contribution in [2.45, 2.75) is 64.8 Å². The summed E-state index contributed by atoms with van der Waals surface area (Å²) in [6.07, 6.45) is 11.2. The minimum atomic E-state index is 0.464. The Balaban J connectivity index is 2.04. The van der Waals surface area contributed by atoms with Crippen molar-refractivity contribution in [1.82, 2.24) is 10.3 Å². The van der Waals surface area contributed by atoms with Gasteiger partial charge >= 0.3 is 0 Å². The van der Waals surface area contributed by atoms with Gasteiger partial charge in [-0.3, -0.25) is 0 Å². The third-order valence-electron chi connectivity index (χ3n) is 3.08. The summed E-state index contributed by atoms with van der Waals surface area (Å²) in [4.78, 5) is 4.38. The van der Waals surface area contributed by atoms with Gasteiger partial charge in [-0.05, 0) is 19.4 Å². The number of thiazole rings is 1. The molecule has 0 bridgehead atoms. The molecule has 0 aromatic carbocycles. The van der Waals surface area contributed by atoms with E-state index in [0.717, 1.165) is 13.0 Å². The van der Waals surface area contributed by atoms with E-state index in [0.29, 0.717) is 6.04 Å². The van der Waals surface area contributed by atoms with Gasteiger partial charge < -0.3 is 5.32 Å². The first-order valence-corrected chi connectivity index (χ1v) is 7.89. The van der Waals surface area contributed by atoms with E-state index >= 15 is 0 Å². The lowest BCUT2D eigenvalue weighted by atomic mass is 10.1. The average molecular weight is 254 g/mol. The number of unbranched alkanes of at least 4 members (excludes halogenated alkanes) is 5. The maximum absolute atomic E-state index is 4.38. The van der Waals surface area contributed by atoms with Crippen LogP contribution in [0, 0.1) is 0 Å². The lowest BCUT2D eigenvalue weighted by Gasteiger charge is -2.14. The molecule has 2 nitrogen and oxygen atoms in total. The van der Waals surface area contributed by atoms with Crippen LogP contribution in [0.1, 0.15) is 69.8 Å². The van der Waals surface area contributed by atoms with E-state index in [2.05, 4.69) is 29.5 Å². The normalized spacial score (nSPS) is 12.8. The summed E-state index contributed by atoms with van der Waals surface area (Å²) in [5.74, 6) is 0. The summed E-state index contributed by atoms with van der Waals surface area (Å²) in [5, 5.41) is 6.91. The summed E-state index contributed by atoms with van der Waals surface area (Å²) in [7, 11) is 0. The van der Waals surface area contributed by atoms with Gasteiger partial charge in [-0.25, -0.2) is 4.98 Å². The second-order valence-corrected chi connectivity index (χ2v) is 5.48. The minimum absolute atomic E-state index is 0.464. The van der Waals surface area contributed by atoms with Gasteiger partial charge in [0.2, 0.25) is 0 Å². The molecular formula is C14H26N2S. The zero-order chi connectivity index (χ0) is 12.3. The van der Waals surface area contributed by atoms with E-state index in [-0.39, 0.29) is 0 Å². The highest BCUT2D eigenvalue weighted by Crippen LogP contribution is 2.18. The highest BCUT2D eigenvalue weighted by molar-refractivity contribution is 7.09. The van der Waals surface area contributed by atoms with Gasteiger partial charge in [-0.1, -0.05) is 46.0 Å². The Morgan fingerprint density at radius 1 is 1.18 bits per heavy atom. The Morgan fingerprint density at radius 3 is 2.59 bits per heavy atom. The van der Waals surface area contributed by atoms with E-state index in [1.807, 2.05) is 6.20 Å². The number of rotatable bonds is 10. The van der Waals surface area contributed by atoms with Crippen molar-refractivity contribution >= 4 is 11.3 Å². The molecule has 1 rings (SSSR count). The van der Waals surface area contributed by atoms with Crippen LogP contribution in [0.15, 0.2) is 11.6 Å². The van der Waals surface area contributed by atoms with Crippen molar-refractivity contribution in [3.05, 3.63) is 16.6 Å². The number of nitrogens with one attached hydrogen (secondary N) is 1. The summed E-state index contributed by atoms with van der Waals surface area (Å²) in [6.45, 7) is 5.62. The summed E-state index contributed by atoms with van der Waals surface area (Å²) >= 11 is 1.76. The van der Waals surface area contributed by atoms with Crippen LogP contribution in [0.5, 0.6) is 0 Å². The zero-order valence-electron chi connectivity index (χ0n) is 11.2. The fourth-order valence-corrected chi connectivity index (χ4v) is 2.79. The molecule has 1 heterocycles. The molecule has 3 heteroatoms. The van der Waals surface area contributed by atoms with Gasteiger partial charge in [0.05, 0.1) is 6.04 Å². The predicted molar refractivity (Wildman–Crippen MR) is 76.5 cm³/mol. The first-order valence-electron chi connectivity index (χ1n) is 7.01. The minimum Gasteiger partial charge on any atom is -0.308 e. The third-order valence-corrected chi connectivity index (χ3v) is 3.97. The average Bonchev–Trinajstić information content (AvgIpc) is 2.86. The van der Waals surface area contributed by atoms with Gasteiger partial charge in [-0.2, -0.15) is 0 Å². The Bertz CT molecular complexity index is 259. The molecule has 0 radical (unpaired) electrons.